The van der Waals surface area contributed by atoms with E-state index in [4.69, 9.17) is 9.11 Å². The summed E-state index contributed by atoms with van der Waals surface area (Å²) in [6.07, 6.45) is 2.46. The molecule has 0 amide bonds. The standard InChI is InChI=1S/C13H12.2C2H6.2CH4O3S/c1-3-7-12(8-4-1)11-13-9-5-2-6-10-13;2*1-2;2*1-5(2,3)4/h1-10H,11H2;2*1-2H3;2*1H3,(H,2,3,4). The van der Waals surface area contributed by atoms with Gasteiger partial charge in [-0.25, -0.2) is 0 Å². The summed E-state index contributed by atoms with van der Waals surface area (Å²) in [5.41, 5.74) is 2.74. The molecule has 0 aliphatic carbocycles. The fraction of sp³-hybridized carbons (Fsp3) is 0.368. The van der Waals surface area contributed by atoms with Crippen LogP contribution in [0.1, 0.15) is 38.8 Å². The summed E-state index contributed by atoms with van der Waals surface area (Å²) in [6.45, 7) is 8.00. The molecule has 0 saturated heterocycles. The van der Waals surface area contributed by atoms with E-state index >= 15 is 0 Å². The van der Waals surface area contributed by atoms with Gasteiger partial charge in [0.05, 0.1) is 12.5 Å². The van der Waals surface area contributed by atoms with Crippen LogP contribution < -0.4 is 0 Å². The first kappa shape index (κ1) is 30.0. The van der Waals surface area contributed by atoms with Gasteiger partial charge >= 0.3 is 0 Å². The minimum Gasteiger partial charge on any atom is -0.286 e. The van der Waals surface area contributed by atoms with Crippen molar-refractivity contribution in [2.75, 3.05) is 12.5 Å². The Balaban J connectivity index is -0.000000346. The SMILES string of the molecule is CC.CC.CS(=O)(=O)O.CS(=O)(=O)O.c1ccc(Cc2ccccc2)cc1. The molecule has 0 bridgehead atoms. The van der Waals surface area contributed by atoms with E-state index in [0.29, 0.717) is 12.5 Å². The Morgan fingerprint density at radius 3 is 0.963 bits per heavy atom. The molecule has 27 heavy (non-hydrogen) atoms. The van der Waals surface area contributed by atoms with Gasteiger partial charge in [-0.2, -0.15) is 16.8 Å². The van der Waals surface area contributed by atoms with Crippen LogP contribution in [0.5, 0.6) is 0 Å². The van der Waals surface area contributed by atoms with Crippen molar-refractivity contribution in [1.82, 2.24) is 0 Å². The van der Waals surface area contributed by atoms with Gasteiger partial charge < -0.3 is 0 Å². The molecule has 0 spiro atoms. The first-order chi connectivity index (χ1) is 12.4. The van der Waals surface area contributed by atoms with Crippen LogP contribution in [0.15, 0.2) is 60.7 Å². The van der Waals surface area contributed by atoms with Crippen LogP contribution in [0, 0.1) is 0 Å². The molecule has 8 heteroatoms. The van der Waals surface area contributed by atoms with Crippen LogP contribution in [-0.4, -0.2) is 38.5 Å². The lowest BCUT2D eigenvalue weighted by Gasteiger charge is -2.00. The maximum absolute atomic E-state index is 9.19. The van der Waals surface area contributed by atoms with E-state index in [1.165, 1.54) is 11.1 Å². The zero-order valence-electron chi connectivity index (χ0n) is 16.8. The molecule has 0 fully saturated rings. The maximum Gasteiger partial charge on any atom is 0.261 e. The van der Waals surface area contributed by atoms with E-state index in [1.807, 2.05) is 27.7 Å². The predicted octanol–water partition coefficient (Wildman–Crippen LogP) is 4.34. The lowest BCUT2D eigenvalue weighted by atomic mass is 10.1. The van der Waals surface area contributed by atoms with Crippen LogP contribution in [0.25, 0.3) is 0 Å². The van der Waals surface area contributed by atoms with E-state index in [0.717, 1.165) is 6.42 Å². The fourth-order valence-electron chi connectivity index (χ4n) is 1.43. The lowest BCUT2D eigenvalue weighted by molar-refractivity contribution is 0.488. The average Bonchev–Trinajstić information content (AvgIpc) is 2.57. The summed E-state index contributed by atoms with van der Waals surface area (Å²) in [5, 5.41) is 0. The number of hydrogen-bond donors (Lipinski definition) is 2. The molecular weight excluding hydrogens is 388 g/mol. The van der Waals surface area contributed by atoms with Crippen molar-refractivity contribution < 1.29 is 25.9 Å². The van der Waals surface area contributed by atoms with E-state index in [9.17, 15) is 16.8 Å². The summed E-state index contributed by atoms with van der Waals surface area (Å²) in [5.74, 6) is 0. The topological polar surface area (TPSA) is 109 Å². The highest BCUT2D eigenvalue weighted by Crippen LogP contribution is 2.07. The third-order valence-corrected chi connectivity index (χ3v) is 2.09. The second-order valence-corrected chi connectivity index (χ2v) is 7.55. The van der Waals surface area contributed by atoms with Crippen molar-refractivity contribution in [2.45, 2.75) is 34.1 Å². The van der Waals surface area contributed by atoms with Gasteiger partial charge in [-0.1, -0.05) is 88.4 Å². The van der Waals surface area contributed by atoms with E-state index in [-0.39, 0.29) is 0 Å². The number of benzene rings is 2. The summed E-state index contributed by atoms with van der Waals surface area (Å²) in [6, 6.07) is 21.1. The minimum absolute atomic E-state index is 0.715. The third kappa shape index (κ3) is 36.1. The molecule has 2 rings (SSSR count). The van der Waals surface area contributed by atoms with Gasteiger partial charge in [0.15, 0.2) is 0 Å². The first-order valence-electron chi connectivity index (χ1n) is 8.38. The number of rotatable bonds is 2. The Kier molecular flexibility index (Phi) is 19.6. The summed E-state index contributed by atoms with van der Waals surface area (Å²) in [7, 11) is -7.33. The average molecular weight is 421 g/mol. The van der Waals surface area contributed by atoms with Crippen molar-refractivity contribution in [3.05, 3.63) is 71.8 Å². The third-order valence-electron chi connectivity index (χ3n) is 2.09. The van der Waals surface area contributed by atoms with Crippen LogP contribution in [-0.2, 0) is 26.7 Å². The lowest BCUT2D eigenvalue weighted by Crippen LogP contribution is -1.88. The van der Waals surface area contributed by atoms with Gasteiger partial charge in [-0.05, 0) is 17.5 Å². The Labute approximate surface area is 164 Å². The molecular formula is C19H32O6S2. The zero-order chi connectivity index (χ0) is 21.9. The maximum atomic E-state index is 9.19. The number of hydrogen-bond acceptors (Lipinski definition) is 4. The van der Waals surface area contributed by atoms with Crippen molar-refractivity contribution in [1.29, 1.82) is 0 Å². The largest absolute Gasteiger partial charge is 0.286 e. The normalized spacial score (nSPS) is 9.48. The molecule has 6 nitrogen and oxygen atoms in total. The second kappa shape index (κ2) is 17.7. The Morgan fingerprint density at radius 1 is 0.593 bits per heavy atom. The van der Waals surface area contributed by atoms with Crippen LogP contribution >= 0.6 is 0 Å². The van der Waals surface area contributed by atoms with E-state index in [1.54, 1.807) is 0 Å². The fourth-order valence-corrected chi connectivity index (χ4v) is 1.43. The molecule has 0 heterocycles. The molecule has 2 aromatic carbocycles. The second-order valence-electron chi connectivity index (χ2n) is 4.61. The molecule has 0 aliphatic heterocycles. The predicted molar refractivity (Wildman–Crippen MR) is 113 cm³/mol. The molecule has 0 radical (unpaired) electrons. The highest BCUT2D eigenvalue weighted by Gasteiger charge is 1.92. The van der Waals surface area contributed by atoms with Gasteiger partial charge in [-0.15, -0.1) is 0 Å². The Morgan fingerprint density at radius 2 is 0.778 bits per heavy atom. The summed E-state index contributed by atoms with van der Waals surface area (Å²) in [4.78, 5) is 0. The quantitative estimate of drug-likeness (QED) is 0.700. The van der Waals surface area contributed by atoms with Gasteiger partial charge in [0.25, 0.3) is 20.2 Å². The molecule has 0 unspecified atom stereocenters. The first-order valence-corrected chi connectivity index (χ1v) is 12.1. The molecule has 0 saturated carbocycles. The molecule has 2 aromatic rings. The van der Waals surface area contributed by atoms with Crippen LogP contribution in [0.2, 0.25) is 0 Å². The summed E-state index contributed by atoms with van der Waals surface area (Å²) < 4.78 is 51.7. The van der Waals surface area contributed by atoms with Gasteiger partial charge in [-0.3, -0.25) is 9.11 Å². The molecule has 2 N–H and O–H groups in total. The van der Waals surface area contributed by atoms with Crippen molar-refractivity contribution in [3.63, 3.8) is 0 Å². The van der Waals surface area contributed by atoms with Crippen molar-refractivity contribution in [3.8, 4) is 0 Å². The Bertz CT molecular complexity index is 673. The molecule has 0 aliphatic rings. The van der Waals surface area contributed by atoms with Crippen molar-refractivity contribution in [2.24, 2.45) is 0 Å². The molecule has 0 atom stereocenters. The van der Waals surface area contributed by atoms with Gasteiger partial charge in [0.2, 0.25) is 0 Å². The van der Waals surface area contributed by atoms with E-state index in [2.05, 4.69) is 60.7 Å². The van der Waals surface area contributed by atoms with Crippen LogP contribution in [0.3, 0.4) is 0 Å². The van der Waals surface area contributed by atoms with Gasteiger partial charge in [0, 0.05) is 0 Å². The molecule has 0 aromatic heterocycles. The van der Waals surface area contributed by atoms with Crippen LogP contribution in [0.4, 0.5) is 0 Å². The highest BCUT2D eigenvalue weighted by molar-refractivity contribution is 7.85. The van der Waals surface area contributed by atoms with Crippen molar-refractivity contribution >= 4 is 20.2 Å². The Hall–Kier alpha value is -1.74. The minimum atomic E-state index is -3.67. The summed E-state index contributed by atoms with van der Waals surface area (Å²) >= 11 is 0. The van der Waals surface area contributed by atoms with Gasteiger partial charge in [0.1, 0.15) is 0 Å². The monoisotopic (exact) mass is 420 g/mol. The zero-order valence-corrected chi connectivity index (χ0v) is 18.5. The highest BCUT2D eigenvalue weighted by atomic mass is 32.2. The van der Waals surface area contributed by atoms with E-state index < -0.39 is 20.2 Å². The smallest absolute Gasteiger partial charge is 0.261 e. The molecule has 156 valence electrons.